The number of Topliss-reactive ketones (excluding diaryl/α,β-unsaturated/α-hetero) is 1. The summed E-state index contributed by atoms with van der Waals surface area (Å²) in [5, 5.41) is 0. The molecule has 3 nitrogen and oxygen atoms in total. The van der Waals surface area contributed by atoms with E-state index in [1.54, 1.807) is 0 Å². The van der Waals surface area contributed by atoms with Crippen LogP contribution in [-0.4, -0.2) is 54.9 Å². The molecule has 2 fully saturated rings. The molecule has 15 heavy (non-hydrogen) atoms. The van der Waals surface area contributed by atoms with E-state index in [-0.39, 0.29) is 20.3 Å². The van der Waals surface area contributed by atoms with Crippen LogP contribution in [0.1, 0.15) is 27.1 Å². The molecule has 2 saturated heterocycles. The van der Waals surface area contributed by atoms with Gasteiger partial charge >= 0.3 is 18.9 Å². The molecule has 0 unspecified atom stereocenters. The summed E-state index contributed by atoms with van der Waals surface area (Å²) in [7, 11) is 0. The molecule has 2 aliphatic heterocycles. The van der Waals surface area contributed by atoms with Gasteiger partial charge in [0.2, 0.25) is 0 Å². The van der Waals surface area contributed by atoms with Crippen LogP contribution in [0.5, 0.6) is 0 Å². The van der Waals surface area contributed by atoms with Crippen LogP contribution in [0.4, 0.5) is 0 Å². The van der Waals surface area contributed by atoms with Gasteiger partial charge in [-0.3, -0.25) is 14.6 Å². The van der Waals surface area contributed by atoms with Gasteiger partial charge in [0.1, 0.15) is 0 Å². The Bertz CT molecular complexity index is 184. The minimum absolute atomic E-state index is 0. The molecular weight excluding hydrogens is 183 g/mol. The summed E-state index contributed by atoms with van der Waals surface area (Å²) in [5.41, 5.74) is 0. The maximum atomic E-state index is 11.7. The summed E-state index contributed by atoms with van der Waals surface area (Å²) >= 11 is 0. The van der Waals surface area contributed by atoms with Crippen LogP contribution in [0.3, 0.4) is 0 Å². The zero-order valence-electron chi connectivity index (χ0n) is 10.9. The van der Waals surface area contributed by atoms with Crippen molar-refractivity contribution in [2.45, 2.75) is 25.7 Å². The third-order valence-corrected chi connectivity index (χ3v) is 3.20. The second kappa shape index (κ2) is 6.70. The topological polar surface area (TPSA) is 23.6 Å². The molecule has 0 atom stereocenters. The number of hydrogen-bond acceptors (Lipinski definition) is 3. The summed E-state index contributed by atoms with van der Waals surface area (Å²) in [4.78, 5) is 16.3. The van der Waals surface area contributed by atoms with Crippen molar-refractivity contribution in [2.24, 2.45) is 0 Å². The number of rotatable bonds is 4. The average molecular weight is 204 g/mol. The van der Waals surface area contributed by atoms with Gasteiger partial charge in [0.25, 0.3) is 0 Å². The molecule has 0 radical (unpaired) electrons. The maximum absolute atomic E-state index is 11.7. The minimum atomic E-state index is 0. The van der Waals surface area contributed by atoms with Crippen molar-refractivity contribution in [1.29, 1.82) is 0 Å². The SMILES string of the molecule is O=C(CN1CCCC1)CN1CCCC1.[H-].[Li+]. The first-order chi connectivity index (χ1) is 6.84. The molecule has 0 bridgehead atoms. The van der Waals surface area contributed by atoms with Crippen molar-refractivity contribution in [2.75, 3.05) is 39.3 Å². The van der Waals surface area contributed by atoms with E-state index in [0.29, 0.717) is 18.9 Å². The summed E-state index contributed by atoms with van der Waals surface area (Å²) in [5.74, 6) is 0.411. The van der Waals surface area contributed by atoms with Crippen molar-refractivity contribution in [3.63, 3.8) is 0 Å². The van der Waals surface area contributed by atoms with Gasteiger partial charge in [-0.1, -0.05) is 0 Å². The van der Waals surface area contributed by atoms with Crippen LogP contribution in [0, 0.1) is 0 Å². The van der Waals surface area contributed by atoms with Gasteiger partial charge in [-0.15, -0.1) is 0 Å². The smallest absolute Gasteiger partial charge is 1.00 e. The Labute approximate surface area is 106 Å². The molecule has 0 saturated carbocycles. The second-order valence-electron chi connectivity index (χ2n) is 4.51. The molecular formula is C11H21LiN2O. The molecule has 0 aromatic carbocycles. The van der Waals surface area contributed by atoms with Crippen LogP contribution < -0.4 is 18.9 Å². The molecule has 4 heteroatoms. The van der Waals surface area contributed by atoms with E-state index >= 15 is 0 Å². The standard InChI is InChI=1S/C11H20N2O.Li.H/c14-11(9-12-5-1-2-6-12)10-13-7-3-4-8-13;;/h1-10H2;;/q;+1;-1. The number of ketones is 1. The Morgan fingerprint density at radius 3 is 1.53 bits per heavy atom. The van der Waals surface area contributed by atoms with Crippen LogP contribution in [0.2, 0.25) is 0 Å². The van der Waals surface area contributed by atoms with E-state index in [9.17, 15) is 4.79 Å². The second-order valence-corrected chi connectivity index (χ2v) is 4.51. The third kappa shape index (κ3) is 4.28. The molecule has 0 aromatic rings. The Balaban J connectivity index is 0.00000112. The summed E-state index contributed by atoms with van der Waals surface area (Å²) in [6.07, 6.45) is 5.10. The predicted molar refractivity (Wildman–Crippen MR) is 57.5 cm³/mol. The van der Waals surface area contributed by atoms with Crippen molar-refractivity contribution in [1.82, 2.24) is 9.80 Å². The van der Waals surface area contributed by atoms with Crippen LogP contribution in [0.25, 0.3) is 0 Å². The van der Waals surface area contributed by atoms with Gasteiger partial charge < -0.3 is 1.43 Å². The zero-order chi connectivity index (χ0) is 9.80. The van der Waals surface area contributed by atoms with Gasteiger partial charge in [0, 0.05) is 0 Å². The largest absolute Gasteiger partial charge is 1.00 e. The van der Waals surface area contributed by atoms with Crippen LogP contribution in [0.15, 0.2) is 0 Å². The monoisotopic (exact) mass is 204 g/mol. The number of nitrogens with zero attached hydrogens (tertiary/aromatic N) is 2. The first kappa shape index (κ1) is 13.3. The Morgan fingerprint density at radius 1 is 0.867 bits per heavy atom. The molecule has 0 spiro atoms. The van der Waals surface area contributed by atoms with E-state index in [2.05, 4.69) is 9.80 Å². The first-order valence-corrected chi connectivity index (χ1v) is 5.81. The van der Waals surface area contributed by atoms with E-state index in [0.717, 1.165) is 26.2 Å². The normalized spacial score (nSPS) is 22.9. The molecule has 0 aliphatic carbocycles. The number of carbonyl (C=O) groups excluding carboxylic acids is 1. The number of likely N-dealkylation sites (tertiary alicyclic amines) is 2. The van der Waals surface area contributed by atoms with Crippen molar-refractivity contribution < 1.29 is 25.1 Å². The van der Waals surface area contributed by atoms with E-state index in [1.807, 2.05) is 0 Å². The summed E-state index contributed by atoms with van der Waals surface area (Å²) in [6.45, 7) is 5.90. The fourth-order valence-electron chi connectivity index (χ4n) is 2.43. The first-order valence-electron chi connectivity index (χ1n) is 5.81. The zero-order valence-corrected chi connectivity index (χ0v) is 9.87. The molecule has 0 amide bonds. The van der Waals surface area contributed by atoms with E-state index in [4.69, 9.17) is 0 Å². The van der Waals surface area contributed by atoms with Gasteiger partial charge in [0.05, 0.1) is 13.1 Å². The maximum Gasteiger partial charge on any atom is 1.00 e. The third-order valence-electron chi connectivity index (χ3n) is 3.20. The van der Waals surface area contributed by atoms with Crippen molar-refractivity contribution in [3.05, 3.63) is 0 Å². The Hall–Kier alpha value is 0.187. The molecule has 0 aromatic heterocycles. The predicted octanol–water partition coefficient (Wildman–Crippen LogP) is -2.14. The Kier molecular flexibility index (Phi) is 5.92. The molecule has 2 aliphatic rings. The fraction of sp³-hybridized carbons (Fsp3) is 0.909. The molecule has 2 rings (SSSR count). The van der Waals surface area contributed by atoms with Gasteiger partial charge in [-0.05, 0) is 51.9 Å². The molecule has 0 N–H and O–H groups in total. The number of hydrogen-bond donors (Lipinski definition) is 0. The van der Waals surface area contributed by atoms with Crippen LogP contribution in [-0.2, 0) is 4.79 Å². The van der Waals surface area contributed by atoms with Crippen LogP contribution >= 0.6 is 0 Å². The summed E-state index contributed by atoms with van der Waals surface area (Å²) in [6, 6.07) is 0. The van der Waals surface area contributed by atoms with E-state index < -0.39 is 0 Å². The van der Waals surface area contributed by atoms with Gasteiger partial charge in [-0.25, -0.2) is 0 Å². The van der Waals surface area contributed by atoms with Crippen molar-refractivity contribution in [3.8, 4) is 0 Å². The fourth-order valence-corrected chi connectivity index (χ4v) is 2.43. The number of carbonyl (C=O) groups is 1. The van der Waals surface area contributed by atoms with Gasteiger partial charge in [0.15, 0.2) is 5.78 Å². The van der Waals surface area contributed by atoms with Gasteiger partial charge in [-0.2, -0.15) is 0 Å². The Morgan fingerprint density at radius 2 is 1.20 bits per heavy atom. The quantitative estimate of drug-likeness (QED) is 0.488. The van der Waals surface area contributed by atoms with Crippen molar-refractivity contribution >= 4 is 5.78 Å². The average Bonchev–Trinajstić information content (AvgIpc) is 2.76. The van der Waals surface area contributed by atoms with E-state index in [1.165, 1.54) is 25.7 Å². The molecule has 2 heterocycles. The molecule has 82 valence electrons. The summed E-state index contributed by atoms with van der Waals surface area (Å²) < 4.78 is 0. The minimum Gasteiger partial charge on any atom is -1.00 e.